The molecule has 0 aliphatic carbocycles. The van der Waals surface area contributed by atoms with Crippen molar-refractivity contribution in [2.75, 3.05) is 17.2 Å². The molecule has 1 aliphatic heterocycles. The van der Waals surface area contributed by atoms with Crippen LogP contribution < -0.4 is 10.6 Å². The number of alkyl halides is 3. The number of hydrogen-bond donors (Lipinski definition) is 3. The van der Waals surface area contributed by atoms with Gasteiger partial charge in [-0.1, -0.05) is 0 Å². The second kappa shape index (κ2) is 3.69. The standard InChI is InChI=1S/C8H9F3N4O/c9-8(10,11)7(16)13-6-4-2-1-3-12-5(4)14-15-6/h1-3H2,(H3,12,13,14,15,16). The van der Waals surface area contributed by atoms with E-state index in [9.17, 15) is 18.0 Å². The zero-order valence-electron chi connectivity index (χ0n) is 8.11. The molecule has 16 heavy (non-hydrogen) atoms. The van der Waals surface area contributed by atoms with E-state index < -0.39 is 12.1 Å². The van der Waals surface area contributed by atoms with Crippen LogP contribution in [0.15, 0.2) is 0 Å². The van der Waals surface area contributed by atoms with Gasteiger partial charge in [-0.3, -0.25) is 9.89 Å². The molecule has 0 fully saturated rings. The van der Waals surface area contributed by atoms with Gasteiger partial charge in [-0.15, -0.1) is 0 Å². The minimum Gasteiger partial charge on any atom is -0.368 e. The second-order valence-electron chi connectivity index (χ2n) is 3.41. The number of carbonyl (C=O) groups excluding carboxylic acids is 1. The molecule has 1 aliphatic rings. The van der Waals surface area contributed by atoms with E-state index in [1.54, 1.807) is 5.32 Å². The fraction of sp³-hybridized carbons (Fsp3) is 0.500. The topological polar surface area (TPSA) is 69.8 Å². The highest BCUT2D eigenvalue weighted by molar-refractivity contribution is 5.95. The lowest BCUT2D eigenvalue weighted by Crippen LogP contribution is -2.30. The van der Waals surface area contributed by atoms with Gasteiger partial charge in [0.2, 0.25) is 0 Å². The van der Waals surface area contributed by atoms with Crippen LogP contribution in [0.2, 0.25) is 0 Å². The van der Waals surface area contributed by atoms with Crippen LogP contribution in [-0.4, -0.2) is 28.8 Å². The van der Waals surface area contributed by atoms with Crippen LogP contribution in [0.1, 0.15) is 12.0 Å². The van der Waals surface area contributed by atoms with Crippen molar-refractivity contribution in [1.29, 1.82) is 0 Å². The van der Waals surface area contributed by atoms with Crippen molar-refractivity contribution in [2.24, 2.45) is 0 Å². The summed E-state index contributed by atoms with van der Waals surface area (Å²) in [7, 11) is 0. The number of aromatic nitrogens is 2. The Balaban J connectivity index is 2.16. The lowest BCUT2D eigenvalue weighted by Gasteiger charge is -2.13. The maximum absolute atomic E-state index is 12.0. The molecule has 1 aromatic rings. The molecule has 0 radical (unpaired) electrons. The minimum absolute atomic E-state index is 0.0181. The van der Waals surface area contributed by atoms with Crippen LogP contribution in [0.5, 0.6) is 0 Å². The van der Waals surface area contributed by atoms with Crippen molar-refractivity contribution < 1.29 is 18.0 Å². The van der Waals surface area contributed by atoms with Crippen molar-refractivity contribution in [3.8, 4) is 0 Å². The lowest BCUT2D eigenvalue weighted by atomic mass is 10.1. The molecule has 0 saturated carbocycles. The molecule has 2 heterocycles. The van der Waals surface area contributed by atoms with E-state index >= 15 is 0 Å². The highest BCUT2D eigenvalue weighted by Gasteiger charge is 2.39. The van der Waals surface area contributed by atoms with E-state index in [1.807, 2.05) is 0 Å². The number of rotatable bonds is 1. The van der Waals surface area contributed by atoms with Crippen LogP contribution in [0, 0.1) is 0 Å². The summed E-state index contributed by atoms with van der Waals surface area (Å²) in [5.74, 6) is -1.47. The van der Waals surface area contributed by atoms with Crippen LogP contribution >= 0.6 is 0 Å². The van der Waals surface area contributed by atoms with E-state index in [-0.39, 0.29) is 5.82 Å². The van der Waals surface area contributed by atoms with Crippen LogP contribution in [-0.2, 0) is 11.2 Å². The summed E-state index contributed by atoms with van der Waals surface area (Å²) < 4.78 is 36.0. The number of halogens is 3. The molecule has 0 atom stereocenters. The third kappa shape index (κ3) is 1.95. The van der Waals surface area contributed by atoms with Gasteiger partial charge < -0.3 is 10.6 Å². The van der Waals surface area contributed by atoms with Gasteiger partial charge >= 0.3 is 12.1 Å². The summed E-state index contributed by atoms with van der Waals surface area (Å²) in [5, 5.41) is 10.8. The minimum atomic E-state index is -4.89. The molecule has 0 aromatic carbocycles. The van der Waals surface area contributed by atoms with E-state index in [1.165, 1.54) is 0 Å². The molecule has 8 heteroatoms. The highest BCUT2D eigenvalue weighted by atomic mass is 19.4. The maximum atomic E-state index is 12.0. The Morgan fingerprint density at radius 1 is 1.44 bits per heavy atom. The third-order valence-corrected chi connectivity index (χ3v) is 2.26. The number of H-pyrrole nitrogens is 1. The number of fused-ring (bicyclic) bond motifs is 1. The van der Waals surface area contributed by atoms with Crippen molar-refractivity contribution in [3.63, 3.8) is 0 Å². The first-order valence-electron chi connectivity index (χ1n) is 4.68. The normalized spacial score (nSPS) is 15.2. The fourth-order valence-corrected chi connectivity index (χ4v) is 1.51. The van der Waals surface area contributed by atoms with E-state index in [2.05, 4.69) is 15.5 Å². The van der Waals surface area contributed by atoms with Crippen LogP contribution in [0.25, 0.3) is 0 Å². The van der Waals surface area contributed by atoms with Gasteiger partial charge in [-0.25, -0.2) is 0 Å². The summed E-state index contributed by atoms with van der Waals surface area (Å²) in [6.07, 6.45) is -3.51. The molecule has 0 spiro atoms. The van der Waals surface area contributed by atoms with Crippen molar-refractivity contribution in [2.45, 2.75) is 19.0 Å². The number of amides is 1. The Hall–Kier alpha value is -1.73. The zero-order valence-corrected chi connectivity index (χ0v) is 8.11. The number of nitrogens with zero attached hydrogens (tertiary/aromatic N) is 1. The number of carbonyl (C=O) groups is 1. The molecule has 0 unspecified atom stereocenters. The van der Waals surface area contributed by atoms with Crippen molar-refractivity contribution in [3.05, 3.63) is 5.56 Å². The van der Waals surface area contributed by atoms with Gasteiger partial charge in [0.05, 0.1) is 0 Å². The fourth-order valence-electron chi connectivity index (χ4n) is 1.51. The second-order valence-corrected chi connectivity index (χ2v) is 3.41. The third-order valence-electron chi connectivity index (χ3n) is 2.26. The summed E-state index contributed by atoms with van der Waals surface area (Å²) in [4.78, 5) is 10.7. The Labute approximate surface area is 88.4 Å². The molecule has 0 saturated heterocycles. The zero-order chi connectivity index (χ0) is 11.8. The molecule has 2 rings (SSSR count). The van der Waals surface area contributed by atoms with Gasteiger partial charge in [-0.2, -0.15) is 18.3 Å². The predicted octanol–water partition coefficient (Wildman–Crippen LogP) is 1.27. The van der Waals surface area contributed by atoms with Gasteiger partial charge in [0.25, 0.3) is 0 Å². The quantitative estimate of drug-likeness (QED) is 0.685. The molecule has 88 valence electrons. The molecule has 1 aromatic heterocycles. The first-order chi connectivity index (χ1) is 7.48. The van der Waals surface area contributed by atoms with Crippen molar-refractivity contribution in [1.82, 2.24) is 10.2 Å². The van der Waals surface area contributed by atoms with Gasteiger partial charge in [0.1, 0.15) is 5.82 Å². The number of nitrogens with one attached hydrogen (secondary N) is 3. The largest absolute Gasteiger partial charge is 0.471 e. The van der Waals surface area contributed by atoms with Gasteiger partial charge in [-0.05, 0) is 12.8 Å². The summed E-state index contributed by atoms with van der Waals surface area (Å²) in [5.41, 5.74) is 0.587. The first kappa shape index (κ1) is 10.8. The monoisotopic (exact) mass is 234 g/mol. The summed E-state index contributed by atoms with van der Waals surface area (Å²) >= 11 is 0. The molecule has 1 amide bonds. The van der Waals surface area contributed by atoms with Crippen molar-refractivity contribution >= 4 is 17.5 Å². The Kier molecular flexibility index (Phi) is 2.49. The number of aromatic amines is 1. The first-order valence-corrected chi connectivity index (χ1v) is 4.68. The Bertz CT molecular complexity index is 412. The maximum Gasteiger partial charge on any atom is 0.471 e. The molecule has 5 nitrogen and oxygen atoms in total. The van der Waals surface area contributed by atoms with Crippen LogP contribution in [0.4, 0.5) is 24.8 Å². The number of anilines is 2. The molecule has 3 N–H and O–H groups in total. The summed E-state index contributed by atoms with van der Waals surface area (Å²) in [6, 6.07) is 0. The SMILES string of the molecule is O=C(Nc1[nH]nc2c1CCCN2)C(F)(F)F. The van der Waals surface area contributed by atoms with E-state index in [0.29, 0.717) is 17.8 Å². The number of hydrogen-bond acceptors (Lipinski definition) is 3. The average molecular weight is 234 g/mol. The average Bonchev–Trinajstić information content (AvgIpc) is 2.61. The van der Waals surface area contributed by atoms with E-state index in [0.717, 1.165) is 13.0 Å². The molecule has 0 bridgehead atoms. The van der Waals surface area contributed by atoms with Gasteiger partial charge in [0, 0.05) is 12.1 Å². The smallest absolute Gasteiger partial charge is 0.368 e. The predicted molar refractivity (Wildman–Crippen MR) is 50.1 cm³/mol. The Morgan fingerprint density at radius 3 is 2.88 bits per heavy atom. The van der Waals surface area contributed by atoms with E-state index in [4.69, 9.17) is 0 Å². The molecular formula is C8H9F3N4O. The molecular weight excluding hydrogens is 225 g/mol. The summed E-state index contributed by atoms with van der Waals surface area (Å²) in [6.45, 7) is 0.727. The lowest BCUT2D eigenvalue weighted by molar-refractivity contribution is -0.167. The van der Waals surface area contributed by atoms with Crippen LogP contribution in [0.3, 0.4) is 0 Å². The van der Waals surface area contributed by atoms with Gasteiger partial charge in [0.15, 0.2) is 5.82 Å². The highest BCUT2D eigenvalue weighted by Crippen LogP contribution is 2.27. The Morgan fingerprint density at radius 2 is 2.19 bits per heavy atom.